The number of hydrogen-bond acceptors (Lipinski definition) is 4. The maximum Gasteiger partial charge on any atom is 0.155 e. The number of furan rings is 1. The number of nitrogens with zero attached hydrogens (tertiary/aromatic N) is 1. The molecule has 19 heavy (non-hydrogen) atoms. The monoisotopic (exact) mass is 275 g/mol. The highest BCUT2D eigenvalue weighted by molar-refractivity contribution is 8.07. The molecule has 100 valence electrons. The van der Waals surface area contributed by atoms with Crippen LogP contribution < -0.4 is 0 Å². The Hall–Kier alpha value is -1.42. The number of allylic oxidation sites excluding steroid dienone is 2. The highest BCUT2D eigenvalue weighted by atomic mass is 32.2. The predicted molar refractivity (Wildman–Crippen MR) is 77.2 cm³/mol. The average Bonchev–Trinajstić information content (AvgIpc) is 2.91. The van der Waals surface area contributed by atoms with E-state index >= 15 is 0 Å². The van der Waals surface area contributed by atoms with Gasteiger partial charge in [-0.25, -0.2) is 0 Å². The molecule has 1 aliphatic heterocycles. The van der Waals surface area contributed by atoms with E-state index in [1.165, 1.54) is 16.2 Å². The largest absolute Gasteiger partial charge is 0.469 e. The second kappa shape index (κ2) is 4.60. The summed E-state index contributed by atoms with van der Waals surface area (Å²) in [5, 5.41) is 1.04. The lowest BCUT2D eigenvalue weighted by Gasteiger charge is -2.24. The summed E-state index contributed by atoms with van der Waals surface area (Å²) in [6.45, 7) is 6.80. The summed E-state index contributed by atoms with van der Waals surface area (Å²) in [5.41, 5.74) is 2.43. The van der Waals surface area contributed by atoms with Gasteiger partial charge in [0.25, 0.3) is 0 Å². The number of hydrogen-bond donors (Lipinski definition) is 0. The third-order valence-electron chi connectivity index (χ3n) is 3.57. The molecule has 0 radical (unpaired) electrons. The van der Waals surface area contributed by atoms with Crippen molar-refractivity contribution >= 4 is 23.2 Å². The van der Waals surface area contributed by atoms with E-state index in [4.69, 9.17) is 4.42 Å². The lowest BCUT2D eigenvalue weighted by molar-refractivity contribution is -0.112. The zero-order valence-corrected chi connectivity index (χ0v) is 12.2. The molecule has 1 aromatic rings. The Morgan fingerprint density at radius 3 is 3.11 bits per heavy atom. The number of thioether (sulfide) groups is 1. The molecular weight excluding hydrogens is 258 g/mol. The predicted octanol–water partition coefficient (Wildman–Crippen LogP) is 3.64. The molecule has 4 heteroatoms. The fourth-order valence-electron chi connectivity index (χ4n) is 2.75. The van der Waals surface area contributed by atoms with Crippen LogP contribution >= 0.6 is 11.8 Å². The molecule has 3 rings (SSSR count). The van der Waals surface area contributed by atoms with Crippen molar-refractivity contribution in [2.75, 3.05) is 6.54 Å². The first-order chi connectivity index (χ1) is 9.11. The van der Waals surface area contributed by atoms with Crippen LogP contribution in [0.4, 0.5) is 0 Å². The second-order valence-electron chi connectivity index (χ2n) is 5.02. The first-order valence-corrected chi connectivity index (χ1v) is 7.42. The van der Waals surface area contributed by atoms with Gasteiger partial charge >= 0.3 is 0 Å². The zero-order chi connectivity index (χ0) is 13.6. The van der Waals surface area contributed by atoms with Crippen molar-refractivity contribution < 1.29 is 9.21 Å². The molecule has 1 unspecified atom stereocenters. The molecule has 2 heterocycles. The molecule has 0 saturated heterocycles. The lowest BCUT2D eigenvalue weighted by Crippen LogP contribution is -2.20. The van der Waals surface area contributed by atoms with Crippen molar-refractivity contribution in [3.8, 4) is 0 Å². The van der Waals surface area contributed by atoms with Gasteiger partial charge in [-0.3, -0.25) is 4.79 Å². The van der Waals surface area contributed by atoms with Crippen LogP contribution in [0, 0.1) is 5.92 Å². The summed E-state index contributed by atoms with van der Waals surface area (Å²) in [4.78, 5) is 15.0. The normalized spacial score (nSPS) is 23.8. The van der Waals surface area contributed by atoms with E-state index in [1.807, 2.05) is 6.07 Å². The van der Waals surface area contributed by atoms with E-state index in [9.17, 15) is 4.79 Å². The molecule has 1 aliphatic carbocycles. The summed E-state index contributed by atoms with van der Waals surface area (Å²) < 4.78 is 5.59. The molecule has 0 amide bonds. The first kappa shape index (κ1) is 12.6. The summed E-state index contributed by atoms with van der Waals surface area (Å²) in [6.07, 6.45) is 4.44. The van der Waals surface area contributed by atoms with Gasteiger partial charge in [0.15, 0.2) is 5.78 Å². The van der Waals surface area contributed by atoms with Gasteiger partial charge in [-0.2, -0.15) is 0 Å². The summed E-state index contributed by atoms with van der Waals surface area (Å²) in [5.74, 6) is 1.61. The van der Waals surface area contributed by atoms with Gasteiger partial charge in [-0.15, -0.1) is 0 Å². The molecule has 1 atom stereocenters. The minimum absolute atomic E-state index is 0.0980. The van der Waals surface area contributed by atoms with Crippen molar-refractivity contribution in [1.29, 1.82) is 0 Å². The minimum Gasteiger partial charge on any atom is -0.469 e. The van der Waals surface area contributed by atoms with Gasteiger partial charge in [0, 0.05) is 29.5 Å². The molecule has 3 nitrogen and oxygen atoms in total. The average molecular weight is 275 g/mol. The van der Waals surface area contributed by atoms with Crippen molar-refractivity contribution in [3.05, 3.63) is 39.7 Å². The molecule has 0 aromatic carbocycles. The highest BCUT2D eigenvalue weighted by Crippen LogP contribution is 2.52. The van der Waals surface area contributed by atoms with Gasteiger partial charge < -0.3 is 9.32 Å². The maximum absolute atomic E-state index is 11.4. The summed E-state index contributed by atoms with van der Waals surface area (Å²) in [6, 6.07) is 2.04. The van der Waals surface area contributed by atoms with E-state index in [1.54, 1.807) is 31.0 Å². The number of carbonyl (C=O) groups is 1. The van der Waals surface area contributed by atoms with Crippen LogP contribution in [-0.4, -0.2) is 17.2 Å². The van der Waals surface area contributed by atoms with E-state index in [0.29, 0.717) is 5.92 Å². The van der Waals surface area contributed by atoms with Gasteiger partial charge in [-0.1, -0.05) is 18.7 Å². The van der Waals surface area contributed by atoms with Gasteiger partial charge in [0.1, 0.15) is 5.76 Å². The van der Waals surface area contributed by atoms with Crippen molar-refractivity contribution in [2.45, 2.75) is 27.2 Å². The summed E-state index contributed by atoms with van der Waals surface area (Å²) >= 11 is 1.73. The Balaban J connectivity index is 2.10. The molecule has 0 fully saturated rings. The number of carbonyl (C=O) groups excluding carboxylic acids is 1. The minimum atomic E-state index is 0.0980. The number of ketones is 1. The topological polar surface area (TPSA) is 33.5 Å². The quantitative estimate of drug-likeness (QED) is 0.772. The first-order valence-electron chi connectivity index (χ1n) is 6.60. The molecule has 0 bridgehead atoms. The van der Waals surface area contributed by atoms with E-state index in [2.05, 4.69) is 18.7 Å². The van der Waals surface area contributed by atoms with Crippen LogP contribution in [0.5, 0.6) is 0 Å². The van der Waals surface area contributed by atoms with Gasteiger partial charge in [-0.05, 0) is 25.8 Å². The van der Waals surface area contributed by atoms with Gasteiger partial charge in [0.2, 0.25) is 0 Å². The van der Waals surface area contributed by atoms with Crippen LogP contribution in [0.15, 0.2) is 32.8 Å². The van der Waals surface area contributed by atoms with Crippen molar-refractivity contribution in [3.63, 3.8) is 0 Å². The van der Waals surface area contributed by atoms with Crippen LogP contribution in [0.3, 0.4) is 0 Å². The van der Waals surface area contributed by atoms with Crippen LogP contribution in [0.1, 0.15) is 32.1 Å². The van der Waals surface area contributed by atoms with Crippen molar-refractivity contribution in [1.82, 2.24) is 4.90 Å². The highest BCUT2D eigenvalue weighted by Gasteiger charge is 2.36. The Morgan fingerprint density at radius 2 is 2.42 bits per heavy atom. The van der Waals surface area contributed by atoms with Crippen LogP contribution in [0.2, 0.25) is 0 Å². The van der Waals surface area contributed by atoms with Gasteiger partial charge in [0.05, 0.1) is 17.0 Å². The van der Waals surface area contributed by atoms with E-state index in [0.717, 1.165) is 23.8 Å². The second-order valence-corrected chi connectivity index (χ2v) is 6.08. The third kappa shape index (κ3) is 1.94. The molecule has 0 spiro atoms. The Kier molecular flexibility index (Phi) is 3.05. The van der Waals surface area contributed by atoms with Crippen molar-refractivity contribution in [2.24, 2.45) is 5.92 Å². The van der Waals surface area contributed by atoms with Crippen LogP contribution in [0.25, 0.3) is 5.70 Å². The number of fused-ring (bicyclic) bond motifs is 2. The third-order valence-corrected chi connectivity index (χ3v) is 4.93. The zero-order valence-electron chi connectivity index (χ0n) is 11.4. The Bertz CT molecular complexity index is 597. The standard InChI is InChI=1S/C15H17NO2S/c1-4-16-13(8-10(3)17)19-15-9(2)7-12-11(14(15)16)5-6-18-12/h5-6,8-9H,4,7H2,1-3H3/b13-8-. The fraction of sp³-hybridized carbons (Fsp3) is 0.400. The molecular formula is C15H17NO2S. The SMILES string of the molecule is CCN1C2=C(S/C1=C\C(C)=O)C(C)Cc1occc12. The molecule has 2 aliphatic rings. The smallest absolute Gasteiger partial charge is 0.155 e. The molecule has 0 saturated carbocycles. The maximum atomic E-state index is 11.4. The van der Waals surface area contributed by atoms with Crippen LogP contribution in [-0.2, 0) is 11.2 Å². The van der Waals surface area contributed by atoms with E-state index in [-0.39, 0.29) is 5.78 Å². The Labute approximate surface area is 117 Å². The number of rotatable bonds is 2. The lowest BCUT2D eigenvalue weighted by atomic mass is 9.93. The molecule has 0 N–H and O–H groups in total. The summed E-state index contributed by atoms with van der Waals surface area (Å²) in [7, 11) is 0. The van der Waals surface area contributed by atoms with E-state index < -0.39 is 0 Å². The molecule has 1 aromatic heterocycles. The fourth-order valence-corrected chi connectivity index (χ4v) is 4.13. The Morgan fingerprint density at radius 1 is 1.63 bits per heavy atom.